The molecule has 0 aliphatic carbocycles. The van der Waals surface area contributed by atoms with Crippen LogP contribution in [-0.2, 0) is 4.79 Å². The van der Waals surface area contributed by atoms with Crippen molar-refractivity contribution in [1.82, 2.24) is 4.98 Å². The highest BCUT2D eigenvalue weighted by Crippen LogP contribution is 2.32. The van der Waals surface area contributed by atoms with Crippen molar-refractivity contribution in [3.05, 3.63) is 66.7 Å². The van der Waals surface area contributed by atoms with Crippen molar-refractivity contribution in [3.8, 4) is 0 Å². The smallest absolute Gasteiger partial charge is 0.227 e. The zero-order chi connectivity index (χ0) is 18.9. The van der Waals surface area contributed by atoms with E-state index in [1.807, 2.05) is 36.4 Å². The number of nitrogens with zero attached hydrogens (tertiary/aromatic N) is 2. The van der Waals surface area contributed by atoms with Gasteiger partial charge in [0.15, 0.2) is 5.13 Å². The average molecular weight is 388 g/mol. The molecule has 0 unspecified atom stereocenters. The van der Waals surface area contributed by atoms with Crippen LogP contribution in [-0.4, -0.2) is 24.0 Å². The third-order valence-electron chi connectivity index (χ3n) is 5.47. The first kappa shape index (κ1) is 17.2. The summed E-state index contributed by atoms with van der Waals surface area (Å²) in [6.45, 7) is 1.74. The number of anilines is 2. The SMILES string of the molecule is O=C(Nc1cccc2ccccc12)C1CCN(c2nc3ccccc3s2)CC1. The highest BCUT2D eigenvalue weighted by molar-refractivity contribution is 7.22. The van der Waals surface area contributed by atoms with Gasteiger partial charge in [-0.25, -0.2) is 4.98 Å². The van der Waals surface area contributed by atoms with Crippen LogP contribution in [0.2, 0.25) is 0 Å². The summed E-state index contributed by atoms with van der Waals surface area (Å²) in [6, 6.07) is 22.4. The van der Waals surface area contributed by atoms with Gasteiger partial charge in [0.25, 0.3) is 0 Å². The third-order valence-corrected chi connectivity index (χ3v) is 6.56. The number of benzene rings is 3. The number of carbonyl (C=O) groups excluding carboxylic acids is 1. The van der Waals surface area contributed by atoms with Gasteiger partial charge >= 0.3 is 0 Å². The Balaban J connectivity index is 1.26. The van der Waals surface area contributed by atoms with Crippen LogP contribution in [0.15, 0.2) is 66.7 Å². The first-order valence-electron chi connectivity index (χ1n) is 9.67. The topological polar surface area (TPSA) is 45.2 Å². The number of carbonyl (C=O) groups is 1. The molecule has 28 heavy (non-hydrogen) atoms. The molecule has 5 rings (SSSR count). The van der Waals surface area contributed by atoms with Crippen molar-refractivity contribution >= 4 is 49.1 Å². The third kappa shape index (κ3) is 3.22. The molecule has 1 N–H and O–H groups in total. The van der Waals surface area contributed by atoms with Gasteiger partial charge in [0.2, 0.25) is 5.91 Å². The largest absolute Gasteiger partial charge is 0.348 e. The van der Waals surface area contributed by atoms with Gasteiger partial charge in [0.05, 0.1) is 10.2 Å². The number of nitrogens with one attached hydrogen (secondary N) is 1. The molecule has 0 radical (unpaired) electrons. The van der Waals surface area contributed by atoms with Crippen LogP contribution in [0.5, 0.6) is 0 Å². The van der Waals surface area contributed by atoms with Crippen LogP contribution in [0.3, 0.4) is 0 Å². The predicted octanol–water partition coefficient (Wildman–Crippen LogP) is 5.30. The van der Waals surface area contributed by atoms with Gasteiger partial charge < -0.3 is 10.2 Å². The zero-order valence-electron chi connectivity index (χ0n) is 15.5. The van der Waals surface area contributed by atoms with E-state index in [0.717, 1.165) is 53.0 Å². The number of hydrogen-bond acceptors (Lipinski definition) is 4. The molecule has 0 atom stereocenters. The Bertz CT molecular complexity index is 1110. The van der Waals surface area contributed by atoms with Crippen molar-refractivity contribution in [2.24, 2.45) is 5.92 Å². The summed E-state index contributed by atoms with van der Waals surface area (Å²) in [5, 5.41) is 6.46. The molecule has 0 bridgehead atoms. The lowest BCUT2D eigenvalue weighted by atomic mass is 9.96. The standard InChI is InChI=1S/C23H21N3OS/c27-22(24-19-10-5-7-16-6-1-2-8-18(16)19)17-12-14-26(15-13-17)23-25-20-9-3-4-11-21(20)28-23/h1-11,17H,12-15H2,(H,24,27). The maximum Gasteiger partial charge on any atom is 0.227 e. The van der Waals surface area contributed by atoms with Gasteiger partial charge in [-0.2, -0.15) is 0 Å². The summed E-state index contributed by atoms with van der Waals surface area (Å²) >= 11 is 1.73. The highest BCUT2D eigenvalue weighted by atomic mass is 32.1. The Morgan fingerprint density at radius 2 is 1.71 bits per heavy atom. The lowest BCUT2D eigenvalue weighted by Gasteiger charge is -2.31. The number of rotatable bonds is 3. The van der Waals surface area contributed by atoms with Crippen molar-refractivity contribution in [1.29, 1.82) is 0 Å². The Morgan fingerprint density at radius 1 is 0.964 bits per heavy atom. The van der Waals surface area contributed by atoms with Crippen LogP contribution in [0.25, 0.3) is 21.0 Å². The van der Waals surface area contributed by atoms with E-state index in [-0.39, 0.29) is 11.8 Å². The Hall–Kier alpha value is -2.92. The minimum absolute atomic E-state index is 0.0459. The summed E-state index contributed by atoms with van der Waals surface area (Å²) in [5.41, 5.74) is 1.95. The minimum Gasteiger partial charge on any atom is -0.348 e. The summed E-state index contributed by atoms with van der Waals surface area (Å²) in [4.78, 5) is 19.9. The number of fused-ring (bicyclic) bond motifs is 2. The van der Waals surface area contributed by atoms with Gasteiger partial charge in [0.1, 0.15) is 0 Å². The molecular formula is C23H21N3OS. The second-order valence-electron chi connectivity index (χ2n) is 7.24. The number of thiazole rings is 1. The molecule has 1 saturated heterocycles. The number of amides is 1. The van der Waals surface area contributed by atoms with Crippen molar-refractivity contribution < 1.29 is 4.79 Å². The highest BCUT2D eigenvalue weighted by Gasteiger charge is 2.26. The first-order chi connectivity index (χ1) is 13.8. The lowest BCUT2D eigenvalue weighted by Crippen LogP contribution is -2.38. The molecule has 0 saturated carbocycles. The Kier molecular flexibility index (Phi) is 4.45. The molecule has 5 heteroatoms. The first-order valence-corrected chi connectivity index (χ1v) is 10.5. The van der Waals surface area contributed by atoms with Crippen LogP contribution in [0, 0.1) is 5.92 Å². The number of hydrogen-bond donors (Lipinski definition) is 1. The molecule has 140 valence electrons. The molecule has 2 heterocycles. The molecular weight excluding hydrogens is 366 g/mol. The fourth-order valence-electron chi connectivity index (χ4n) is 3.90. The number of aromatic nitrogens is 1. The molecule has 1 amide bonds. The van der Waals surface area contributed by atoms with Gasteiger partial charge in [-0.15, -0.1) is 0 Å². The van der Waals surface area contributed by atoms with Crippen molar-refractivity contribution in [3.63, 3.8) is 0 Å². The predicted molar refractivity (Wildman–Crippen MR) is 117 cm³/mol. The van der Waals surface area contributed by atoms with Crippen LogP contribution >= 0.6 is 11.3 Å². The molecule has 4 aromatic rings. The monoisotopic (exact) mass is 387 g/mol. The normalized spacial score (nSPS) is 15.2. The zero-order valence-corrected chi connectivity index (χ0v) is 16.3. The maximum atomic E-state index is 12.9. The summed E-state index contributed by atoms with van der Waals surface area (Å²) in [5.74, 6) is 0.171. The van der Waals surface area contributed by atoms with E-state index in [1.54, 1.807) is 11.3 Å². The second-order valence-corrected chi connectivity index (χ2v) is 8.25. The summed E-state index contributed by atoms with van der Waals surface area (Å²) < 4.78 is 1.22. The molecule has 0 spiro atoms. The van der Waals surface area contributed by atoms with Crippen LogP contribution in [0.4, 0.5) is 10.8 Å². The van der Waals surface area contributed by atoms with Crippen molar-refractivity contribution in [2.75, 3.05) is 23.3 Å². The van der Waals surface area contributed by atoms with Gasteiger partial charge in [-0.05, 0) is 36.4 Å². The quantitative estimate of drug-likeness (QED) is 0.518. The van der Waals surface area contributed by atoms with E-state index in [2.05, 4.69) is 40.5 Å². The van der Waals surface area contributed by atoms with Crippen molar-refractivity contribution in [2.45, 2.75) is 12.8 Å². The minimum atomic E-state index is 0.0459. The summed E-state index contributed by atoms with van der Waals surface area (Å²) in [7, 11) is 0. The Labute approximate surface area is 167 Å². The molecule has 1 fully saturated rings. The van der Waals surface area contributed by atoms with Crippen LogP contribution in [0.1, 0.15) is 12.8 Å². The van der Waals surface area contributed by atoms with Gasteiger partial charge in [-0.3, -0.25) is 4.79 Å². The molecule has 1 aliphatic rings. The molecule has 1 aliphatic heterocycles. The van der Waals surface area contributed by atoms with E-state index in [1.165, 1.54) is 4.70 Å². The lowest BCUT2D eigenvalue weighted by molar-refractivity contribution is -0.120. The fraction of sp³-hybridized carbons (Fsp3) is 0.217. The molecule has 4 nitrogen and oxygen atoms in total. The number of para-hydroxylation sites is 1. The van der Waals surface area contributed by atoms with E-state index in [0.29, 0.717) is 0 Å². The maximum absolute atomic E-state index is 12.9. The second kappa shape index (κ2) is 7.24. The van der Waals surface area contributed by atoms with Gasteiger partial charge in [0, 0.05) is 30.1 Å². The van der Waals surface area contributed by atoms with Gasteiger partial charge in [-0.1, -0.05) is 59.9 Å². The average Bonchev–Trinajstić information content (AvgIpc) is 3.18. The molecule has 3 aromatic carbocycles. The van der Waals surface area contributed by atoms with E-state index >= 15 is 0 Å². The Morgan fingerprint density at radius 3 is 2.57 bits per heavy atom. The number of piperidine rings is 1. The fourth-order valence-corrected chi connectivity index (χ4v) is 4.91. The van der Waals surface area contributed by atoms with E-state index in [4.69, 9.17) is 4.98 Å². The summed E-state index contributed by atoms with van der Waals surface area (Å²) in [6.07, 6.45) is 1.71. The van der Waals surface area contributed by atoms with E-state index < -0.39 is 0 Å². The van der Waals surface area contributed by atoms with E-state index in [9.17, 15) is 4.79 Å². The molecule has 1 aromatic heterocycles. The van der Waals surface area contributed by atoms with Crippen LogP contribution < -0.4 is 10.2 Å².